The Balaban J connectivity index is 4.26. The number of nitrogens with zero attached hydrogens (tertiary/aromatic N) is 1. The Labute approximate surface area is 95.3 Å². The van der Waals surface area contributed by atoms with Crippen molar-refractivity contribution in [1.29, 1.82) is 0 Å². The van der Waals surface area contributed by atoms with Crippen molar-refractivity contribution in [2.45, 2.75) is 26.6 Å². The van der Waals surface area contributed by atoms with E-state index in [0.717, 1.165) is 19.6 Å². The number of aliphatic hydroxyl groups excluding tert-OH is 1. The average Bonchev–Trinajstić information content (AvgIpc) is 2.00. The topological polar surface area (TPSA) is 23.5 Å². The van der Waals surface area contributed by atoms with Crippen LogP contribution >= 0.6 is 0 Å². The SMILES string of the molecule is C=CCN(CCO)C/C(C)=C\[Si](C)(C)C. The highest BCUT2D eigenvalue weighted by atomic mass is 28.3. The summed E-state index contributed by atoms with van der Waals surface area (Å²) in [7, 11) is -1.11. The zero-order valence-corrected chi connectivity index (χ0v) is 11.6. The van der Waals surface area contributed by atoms with Crippen LogP contribution in [0.2, 0.25) is 19.6 Å². The maximum atomic E-state index is 8.92. The van der Waals surface area contributed by atoms with Crippen molar-refractivity contribution in [3.05, 3.63) is 23.9 Å². The molecule has 0 saturated carbocycles. The van der Waals surface area contributed by atoms with Crippen molar-refractivity contribution in [1.82, 2.24) is 4.90 Å². The molecule has 0 amide bonds. The van der Waals surface area contributed by atoms with Gasteiger partial charge in [0, 0.05) is 19.6 Å². The lowest BCUT2D eigenvalue weighted by molar-refractivity contribution is 0.218. The molecule has 88 valence electrons. The molecule has 0 aromatic heterocycles. The van der Waals surface area contributed by atoms with Crippen molar-refractivity contribution in [3.8, 4) is 0 Å². The molecule has 2 nitrogen and oxygen atoms in total. The predicted octanol–water partition coefficient (Wildman–Crippen LogP) is 2.29. The lowest BCUT2D eigenvalue weighted by Gasteiger charge is -2.21. The molecule has 0 radical (unpaired) electrons. The molecule has 0 fully saturated rings. The first-order chi connectivity index (χ1) is 6.89. The van der Waals surface area contributed by atoms with Gasteiger partial charge in [-0.15, -0.1) is 6.58 Å². The van der Waals surface area contributed by atoms with E-state index in [-0.39, 0.29) is 6.61 Å². The molecule has 0 aliphatic heterocycles. The van der Waals surface area contributed by atoms with Gasteiger partial charge < -0.3 is 5.11 Å². The van der Waals surface area contributed by atoms with Gasteiger partial charge in [-0.05, 0) is 6.92 Å². The van der Waals surface area contributed by atoms with Crippen LogP contribution in [0.4, 0.5) is 0 Å². The van der Waals surface area contributed by atoms with Gasteiger partial charge in [0.15, 0.2) is 0 Å². The molecule has 0 aromatic rings. The summed E-state index contributed by atoms with van der Waals surface area (Å²) >= 11 is 0. The zero-order valence-electron chi connectivity index (χ0n) is 10.6. The molecule has 0 aliphatic carbocycles. The third kappa shape index (κ3) is 8.60. The first kappa shape index (κ1) is 14.6. The summed E-state index contributed by atoms with van der Waals surface area (Å²) in [6.45, 7) is 15.6. The van der Waals surface area contributed by atoms with E-state index in [1.807, 2.05) is 6.08 Å². The fourth-order valence-electron chi connectivity index (χ4n) is 1.70. The van der Waals surface area contributed by atoms with Gasteiger partial charge in [0.05, 0.1) is 14.7 Å². The second kappa shape index (κ2) is 6.98. The molecule has 0 atom stereocenters. The van der Waals surface area contributed by atoms with Gasteiger partial charge in [0.25, 0.3) is 0 Å². The molecular weight excluding hydrogens is 202 g/mol. The summed E-state index contributed by atoms with van der Waals surface area (Å²) in [6.07, 6.45) is 1.89. The summed E-state index contributed by atoms with van der Waals surface area (Å²) in [5.74, 6) is 0. The first-order valence-corrected chi connectivity index (χ1v) is 9.09. The van der Waals surface area contributed by atoms with E-state index in [1.54, 1.807) is 0 Å². The lowest BCUT2D eigenvalue weighted by atomic mass is 10.3. The largest absolute Gasteiger partial charge is 0.395 e. The Morgan fingerprint density at radius 1 is 1.40 bits per heavy atom. The van der Waals surface area contributed by atoms with Crippen LogP contribution in [0.25, 0.3) is 0 Å². The second-order valence-corrected chi connectivity index (χ2v) is 10.1. The van der Waals surface area contributed by atoms with Crippen LogP contribution in [0, 0.1) is 0 Å². The van der Waals surface area contributed by atoms with E-state index in [2.05, 4.69) is 43.7 Å². The minimum absolute atomic E-state index is 0.216. The van der Waals surface area contributed by atoms with Crippen LogP contribution in [0.5, 0.6) is 0 Å². The number of aliphatic hydroxyl groups is 1. The Morgan fingerprint density at radius 3 is 2.40 bits per heavy atom. The Kier molecular flexibility index (Phi) is 6.81. The number of hydrogen-bond acceptors (Lipinski definition) is 2. The highest BCUT2D eigenvalue weighted by Gasteiger charge is 2.10. The van der Waals surface area contributed by atoms with E-state index in [9.17, 15) is 0 Å². The van der Waals surface area contributed by atoms with Gasteiger partial charge >= 0.3 is 0 Å². The normalized spacial score (nSPS) is 13.3. The van der Waals surface area contributed by atoms with Crippen molar-refractivity contribution < 1.29 is 5.11 Å². The molecule has 0 spiro atoms. The fraction of sp³-hybridized carbons (Fsp3) is 0.667. The van der Waals surface area contributed by atoms with Crippen LogP contribution in [0.15, 0.2) is 23.9 Å². The van der Waals surface area contributed by atoms with Crippen LogP contribution in [-0.2, 0) is 0 Å². The summed E-state index contributed by atoms with van der Waals surface area (Å²) in [4.78, 5) is 2.21. The maximum absolute atomic E-state index is 8.92. The van der Waals surface area contributed by atoms with Crippen molar-refractivity contribution in [2.24, 2.45) is 0 Å². The molecule has 0 saturated heterocycles. The third-order valence-corrected chi connectivity index (χ3v) is 3.31. The molecule has 0 aromatic carbocycles. The molecule has 3 heteroatoms. The van der Waals surface area contributed by atoms with Crippen LogP contribution < -0.4 is 0 Å². The van der Waals surface area contributed by atoms with Gasteiger partial charge in [-0.3, -0.25) is 4.90 Å². The molecule has 1 N–H and O–H groups in total. The highest BCUT2D eigenvalue weighted by molar-refractivity contribution is 6.81. The van der Waals surface area contributed by atoms with Crippen molar-refractivity contribution >= 4 is 8.07 Å². The molecular formula is C12H25NOSi. The van der Waals surface area contributed by atoms with E-state index < -0.39 is 8.07 Å². The summed E-state index contributed by atoms with van der Waals surface area (Å²) in [5, 5.41) is 8.92. The minimum Gasteiger partial charge on any atom is -0.395 e. The maximum Gasteiger partial charge on any atom is 0.0686 e. The molecule has 0 aliphatic rings. The van der Waals surface area contributed by atoms with Crippen molar-refractivity contribution in [3.63, 3.8) is 0 Å². The van der Waals surface area contributed by atoms with E-state index >= 15 is 0 Å². The average molecular weight is 227 g/mol. The predicted molar refractivity (Wildman–Crippen MR) is 70.8 cm³/mol. The van der Waals surface area contributed by atoms with Crippen molar-refractivity contribution in [2.75, 3.05) is 26.2 Å². The quantitative estimate of drug-likeness (QED) is 0.533. The van der Waals surface area contributed by atoms with Gasteiger partial charge in [-0.25, -0.2) is 0 Å². The monoisotopic (exact) mass is 227 g/mol. The van der Waals surface area contributed by atoms with Crippen LogP contribution in [0.1, 0.15) is 6.92 Å². The Morgan fingerprint density at radius 2 is 2.00 bits per heavy atom. The number of hydrogen-bond donors (Lipinski definition) is 1. The Bertz CT molecular complexity index is 218. The summed E-state index contributed by atoms with van der Waals surface area (Å²) in [6, 6.07) is 0. The minimum atomic E-state index is -1.11. The first-order valence-electron chi connectivity index (χ1n) is 5.51. The van der Waals surface area contributed by atoms with Gasteiger partial charge in [-0.1, -0.05) is 37.0 Å². The molecule has 0 bridgehead atoms. The molecule has 15 heavy (non-hydrogen) atoms. The smallest absolute Gasteiger partial charge is 0.0686 e. The van der Waals surface area contributed by atoms with Gasteiger partial charge in [-0.2, -0.15) is 0 Å². The standard InChI is InChI=1S/C12H25NOSi/c1-6-7-13(8-9-14)10-12(2)11-15(3,4)5/h6,11,14H,1,7-10H2,2-5H3/b12-11-. The molecule has 0 unspecified atom stereocenters. The Hall–Kier alpha value is -0.383. The summed E-state index contributed by atoms with van der Waals surface area (Å²) < 4.78 is 0. The van der Waals surface area contributed by atoms with Gasteiger partial charge in [0.1, 0.15) is 0 Å². The van der Waals surface area contributed by atoms with Crippen LogP contribution in [-0.4, -0.2) is 44.3 Å². The van der Waals surface area contributed by atoms with E-state index in [1.165, 1.54) is 5.57 Å². The van der Waals surface area contributed by atoms with E-state index in [0.29, 0.717) is 0 Å². The second-order valence-electron chi connectivity index (χ2n) is 5.10. The van der Waals surface area contributed by atoms with Gasteiger partial charge in [0.2, 0.25) is 0 Å². The van der Waals surface area contributed by atoms with E-state index in [4.69, 9.17) is 5.11 Å². The highest BCUT2D eigenvalue weighted by Crippen LogP contribution is 2.08. The zero-order chi connectivity index (χ0) is 11.9. The lowest BCUT2D eigenvalue weighted by Crippen LogP contribution is -2.29. The number of rotatable bonds is 7. The summed E-state index contributed by atoms with van der Waals surface area (Å²) in [5.41, 5.74) is 3.82. The third-order valence-electron chi connectivity index (χ3n) is 1.96. The molecule has 0 heterocycles. The van der Waals surface area contributed by atoms with Crippen LogP contribution in [0.3, 0.4) is 0 Å². The fourth-order valence-corrected chi connectivity index (χ4v) is 3.27. The molecule has 0 rings (SSSR count).